The maximum Gasteiger partial charge on any atom is 0.306 e. The molecule has 0 aliphatic heterocycles. The minimum atomic E-state index is -4.65. The van der Waals surface area contributed by atoms with Gasteiger partial charge in [-0.1, -0.05) is 230 Å². The molecular weight excluding hydrogens is 954 g/mol. The molecule has 75 heavy (non-hydrogen) atoms. The van der Waals surface area contributed by atoms with Crippen molar-refractivity contribution in [3.05, 3.63) is 146 Å². The molecule has 0 aromatic heterocycles. The summed E-state index contributed by atoms with van der Waals surface area (Å²) in [7, 11) is 1.12. The van der Waals surface area contributed by atoms with Gasteiger partial charge in [-0.25, -0.2) is 0 Å². The highest BCUT2D eigenvalue weighted by atomic mass is 31.2. The SMILES string of the molecule is CC/C=C\C/C=C\C/C=C\C/C=C\C/C=C\C/C=C\C/C=C\C/C=C\C/C=C\C/C=C\C/C=C\C/C=C\CCCCC(=O)OC(COC(=O)CCCCCCCCCCCCCC)COP(=O)([O-])OCC[N+](C)(C)C. The quantitative estimate of drug-likeness (QED) is 0.0195. The van der Waals surface area contributed by atoms with Gasteiger partial charge in [0.1, 0.15) is 19.8 Å². The number of nitrogens with zero attached hydrogens (tertiary/aromatic N) is 1. The van der Waals surface area contributed by atoms with E-state index in [0.717, 1.165) is 109 Å². The molecule has 0 radical (unpaired) electrons. The molecule has 424 valence electrons. The van der Waals surface area contributed by atoms with Gasteiger partial charge in [0, 0.05) is 12.8 Å². The standard InChI is InChI=1S/C65H106NO8P/c1-6-8-10-12-14-16-18-20-21-22-23-24-25-26-27-28-29-30-31-32-33-34-35-36-37-38-39-40-41-42-43-44-45-46-48-50-52-54-56-58-65(68)74-63(62-73-75(69,70)72-60-59-66(3,4)5)61-71-64(67)57-55-53-51-49-47-19-17-15-13-11-9-7-2/h8,10,14,16,20-21,23-24,26-27,29-30,32-33,35-36,38-39,41-42,44-45,48,50,63H,6-7,9,11-13,15,17-19,22,25,28,31,34,37,40,43,46-47,49,51-62H2,1-5H3/b10-8-,16-14-,21-20-,24-23-,27-26-,30-29-,33-32-,36-35-,39-38-,42-41-,45-44-,50-48-. The van der Waals surface area contributed by atoms with E-state index in [1.54, 1.807) is 0 Å². The number of allylic oxidation sites excluding steroid dienone is 24. The summed E-state index contributed by atoms with van der Waals surface area (Å²) >= 11 is 0. The molecule has 9 nitrogen and oxygen atoms in total. The summed E-state index contributed by atoms with van der Waals surface area (Å²) in [5.74, 6) is -0.895. The first-order valence-electron chi connectivity index (χ1n) is 29.0. The third-order valence-corrected chi connectivity index (χ3v) is 12.6. The molecule has 0 bridgehead atoms. The highest BCUT2D eigenvalue weighted by Gasteiger charge is 2.21. The summed E-state index contributed by atoms with van der Waals surface area (Å²) in [6.45, 7) is 4.04. The van der Waals surface area contributed by atoms with Gasteiger partial charge in [-0.05, 0) is 103 Å². The average molecular weight is 1060 g/mol. The Balaban J connectivity index is 4.22. The normalized spacial score (nSPS) is 14.4. The number of unbranched alkanes of at least 4 members (excludes halogenated alkanes) is 13. The molecule has 2 unspecified atom stereocenters. The summed E-state index contributed by atoms with van der Waals surface area (Å²) in [5.41, 5.74) is 0. The smallest absolute Gasteiger partial charge is 0.306 e. The van der Waals surface area contributed by atoms with Crippen molar-refractivity contribution in [3.8, 4) is 0 Å². The molecule has 0 heterocycles. The second-order valence-electron chi connectivity index (χ2n) is 19.9. The number of rotatable bonds is 51. The second kappa shape index (κ2) is 54.7. The molecular formula is C65H106NO8P. The van der Waals surface area contributed by atoms with Crippen molar-refractivity contribution in [1.82, 2.24) is 0 Å². The van der Waals surface area contributed by atoms with Crippen LogP contribution in [0.1, 0.15) is 200 Å². The second-order valence-corrected chi connectivity index (χ2v) is 21.3. The van der Waals surface area contributed by atoms with E-state index in [1.165, 1.54) is 57.8 Å². The van der Waals surface area contributed by atoms with Crippen molar-refractivity contribution in [1.29, 1.82) is 0 Å². The summed E-state index contributed by atoms with van der Waals surface area (Å²) < 4.78 is 34.0. The molecule has 0 fully saturated rings. The predicted molar refractivity (Wildman–Crippen MR) is 318 cm³/mol. The predicted octanol–water partition coefficient (Wildman–Crippen LogP) is 17.7. The largest absolute Gasteiger partial charge is 0.756 e. The van der Waals surface area contributed by atoms with Gasteiger partial charge < -0.3 is 27.9 Å². The lowest BCUT2D eigenvalue weighted by Crippen LogP contribution is -2.37. The van der Waals surface area contributed by atoms with Crippen LogP contribution in [0.15, 0.2) is 146 Å². The fraction of sp³-hybridized carbons (Fsp3) is 0.600. The molecule has 0 aromatic carbocycles. The van der Waals surface area contributed by atoms with Crippen LogP contribution in [-0.4, -0.2) is 70.0 Å². The van der Waals surface area contributed by atoms with Crippen LogP contribution in [0.5, 0.6) is 0 Å². The van der Waals surface area contributed by atoms with Crippen LogP contribution in [0.2, 0.25) is 0 Å². The fourth-order valence-electron chi connectivity index (χ4n) is 7.16. The fourth-order valence-corrected chi connectivity index (χ4v) is 7.89. The van der Waals surface area contributed by atoms with Crippen molar-refractivity contribution in [2.75, 3.05) is 47.5 Å². The Hall–Kier alpha value is -4.11. The number of quaternary nitrogens is 1. The Labute approximate surface area is 459 Å². The first-order valence-corrected chi connectivity index (χ1v) is 30.5. The first kappa shape index (κ1) is 70.9. The number of likely N-dealkylation sites (N-methyl/N-ethyl adjacent to an activating group) is 1. The Kier molecular flexibility index (Phi) is 51.7. The van der Waals surface area contributed by atoms with Crippen molar-refractivity contribution in [2.45, 2.75) is 206 Å². The van der Waals surface area contributed by atoms with Crippen molar-refractivity contribution in [3.63, 3.8) is 0 Å². The lowest BCUT2D eigenvalue weighted by Gasteiger charge is -2.28. The minimum absolute atomic E-state index is 0.0460. The average Bonchev–Trinajstić information content (AvgIpc) is 3.37. The van der Waals surface area contributed by atoms with Gasteiger partial charge >= 0.3 is 11.9 Å². The number of carbonyl (C=O) groups is 2. The van der Waals surface area contributed by atoms with E-state index in [-0.39, 0.29) is 26.1 Å². The van der Waals surface area contributed by atoms with Crippen molar-refractivity contribution in [2.24, 2.45) is 0 Å². The first-order chi connectivity index (χ1) is 36.5. The topological polar surface area (TPSA) is 111 Å². The van der Waals surface area contributed by atoms with Gasteiger partial charge in [0.15, 0.2) is 6.10 Å². The Morgan fingerprint density at radius 3 is 1.13 bits per heavy atom. The third-order valence-electron chi connectivity index (χ3n) is 11.6. The molecule has 0 N–H and O–H groups in total. The van der Waals surface area contributed by atoms with E-state index in [9.17, 15) is 19.0 Å². The van der Waals surface area contributed by atoms with E-state index in [0.29, 0.717) is 17.4 Å². The molecule has 0 aromatic rings. The highest BCUT2D eigenvalue weighted by molar-refractivity contribution is 7.45. The van der Waals surface area contributed by atoms with E-state index in [1.807, 2.05) is 21.1 Å². The maximum atomic E-state index is 12.7. The summed E-state index contributed by atoms with van der Waals surface area (Å²) in [6.07, 6.45) is 80.5. The van der Waals surface area contributed by atoms with Crippen molar-refractivity contribution < 1.29 is 42.1 Å². The number of esters is 2. The molecule has 0 amide bonds. The summed E-state index contributed by atoms with van der Waals surface area (Å²) in [5, 5.41) is 0. The maximum absolute atomic E-state index is 12.7. The van der Waals surface area contributed by atoms with Gasteiger partial charge in [0.05, 0.1) is 27.7 Å². The van der Waals surface area contributed by atoms with Gasteiger partial charge in [-0.3, -0.25) is 14.2 Å². The summed E-state index contributed by atoms with van der Waals surface area (Å²) in [4.78, 5) is 37.7. The van der Waals surface area contributed by atoms with E-state index >= 15 is 0 Å². The third kappa shape index (κ3) is 59.0. The highest BCUT2D eigenvalue weighted by Crippen LogP contribution is 2.38. The lowest BCUT2D eigenvalue weighted by atomic mass is 10.0. The van der Waals surface area contributed by atoms with Gasteiger partial charge in [0.2, 0.25) is 0 Å². The summed E-state index contributed by atoms with van der Waals surface area (Å²) in [6, 6.07) is 0. The van der Waals surface area contributed by atoms with Gasteiger partial charge in [0.25, 0.3) is 7.82 Å². The lowest BCUT2D eigenvalue weighted by molar-refractivity contribution is -0.870. The number of phosphoric acid groups is 1. The molecule has 2 atom stereocenters. The van der Waals surface area contributed by atoms with E-state index in [4.69, 9.17) is 18.5 Å². The zero-order valence-corrected chi connectivity index (χ0v) is 48.8. The molecule has 0 rings (SSSR count). The van der Waals surface area contributed by atoms with Gasteiger partial charge in [-0.2, -0.15) is 0 Å². The number of hydrogen-bond acceptors (Lipinski definition) is 8. The molecule has 0 aliphatic carbocycles. The molecule has 0 spiro atoms. The molecule has 0 aliphatic rings. The monoisotopic (exact) mass is 1060 g/mol. The molecule has 0 saturated carbocycles. The Morgan fingerprint density at radius 2 is 0.760 bits per heavy atom. The van der Waals surface area contributed by atoms with Crippen LogP contribution in [0.3, 0.4) is 0 Å². The van der Waals surface area contributed by atoms with E-state index < -0.39 is 32.5 Å². The van der Waals surface area contributed by atoms with Crippen LogP contribution in [0.25, 0.3) is 0 Å². The Bertz CT molecular complexity index is 1770. The van der Waals surface area contributed by atoms with E-state index in [2.05, 4.69) is 160 Å². The number of phosphoric ester groups is 1. The van der Waals surface area contributed by atoms with Crippen LogP contribution in [0.4, 0.5) is 0 Å². The minimum Gasteiger partial charge on any atom is -0.756 e. The zero-order valence-electron chi connectivity index (χ0n) is 47.9. The van der Waals surface area contributed by atoms with Gasteiger partial charge in [-0.15, -0.1) is 0 Å². The van der Waals surface area contributed by atoms with Crippen LogP contribution < -0.4 is 4.89 Å². The molecule has 10 heteroatoms. The van der Waals surface area contributed by atoms with Crippen LogP contribution in [-0.2, 0) is 32.7 Å². The van der Waals surface area contributed by atoms with Crippen LogP contribution in [0, 0.1) is 0 Å². The Morgan fingerprint density at radius 1 is 0.427 bits per heavy atom. The number of hydrogen-bond donors (Lipinski definition) is 0. The zero-order chi connectivity index (χ0) is 54.9. The number of carbonyl (C=O) groups excluding carboxylic acids is 2. The van der Waals surface area contributed by atoms with Crippen LogP contribution >= 0.6 is 7.82 Å². The number of ether oxygens (including phenoxy) is 2. The van der Waals surface area contributed by atoms with Crippen molar-refractivity contribution >= 4 is 19.8 Å². The molecule has 0 saturated heterocycles.